The molecular weight excluding hydrogens is 271 g/mol. The Morgan fingerprint density at radius 3 is 2.16 bits per heavy atom. The number of halogens is 3. The van der Waals surface area contributed by atoms with Gasteiger partial charge >= 0.3 is 18.1 Å². The van der Waals surface area contributed by atoms with Crippen molar-refractivity contribution < 1.29 is 37.4 Å². The van der Waals surface area contributed by atoms with Gasteiger partial charge in [-0.1, -0.05) is 0 Å². The van der Waals surface area contributed by atoms with Crippen LogP contribution in [0, 0.1) is 0 Å². The monoisotopic (exact) mass is 284 g/mol. The molecule has 0 rings (SSSR count). The summed E-state index contributed by atoms with van der Waals surface area (Å²) in [4.78, 5) is 32.3. The molecule has 0 saturated carbocycles. The highest BCUT2D eigenvalue weighted by Gasteiger charge is 2.41. The summed E-state index contributed by atoms with van der Waals surface area (Å²) in [6.45, 7) is 2.92. The van der Waals surface area contributed by atoms with Crippen LogP contribution < -0.4 is 10.4 Å². The van der Waals surface area contributed by atoms with Crippen LogP contribution in [0.1, 0.15) is 26.7 Å². The number of aliphatic carboxylic acids is 1. The number of carboxylic acids is 1. The van der Waals surface area contributed by atoms with Gasteiger partial charge in [0.25, 0.3) is 0 Å². The first-order valence-corrected chi connectivity index (χ1v) is 5.32. The summed E-state index contributed by atoms with van der Waals surface area (Å²) in [5, 5.41) is 11.6. The van der Waals surface area contributed by atoms with Gasteiger partial charge in [0.05, 0.1) is 6.10 Å². The quantitative estimate of drug-likeness (QED) is 0.664. The van der Waals surface area contributed by atoms with Gasteiger partial charge in [0.2, 0.25) is 0 Å². The highest BCUT2D eigenvalue weighted by atomic mass is 19.4. The summed E-state index contributed by atoms with van der Waals surface area (Å²) in [7, 11) is 0. The Labute approximate surface area is 106 Å². The van der Waals surface area contributed by atoms with Gasteiger partial charge in [-0.25, -0.2) is 4.79 Å². The Morgan fingerprint density at radius 2 is 1.79 bits per heavy atom. The van der Waals surface area contributed by atoms with E-state index in [0.717, 1.165) is 0 Å². The van der Waals surface area contributed by atoms with E-state index in [9.17, 15) is 32.7 Å². The molecule has 19 heavy (non-hydrogen) atoms. The fourth-order valence-corrected chi connectivity index (χ4v) is 1.07. The second-order valence-corrected chi connectivity index (χ2v) is 3.92. The molecule has 1 amide bonds. The van der Waals surface area contributed by atoms with Gasteiger partial charge in [-0.05, 0) is 26.7 Å². The van der Waals surface area contributed by atoms with E-state index in [4.69, 9.17) is 0 Å². The number of alkyl halides is 3. The van der Waals surface area contributed by atoms with Crippen LogP contribution >= 0.6 is 0 Å². The molecule has 0 bridgehead atoms. The zero-order valence-corrected chi connectivity index (χ0v) is 10.2. The second kappa shape index (κ2) is 6.95. The summed E-state index contributed by atoms with van der Waals surface area (Å²) in [5.41, 5.74) is 0. The van der Waals surface area contributed by atoms with Crippen molar-refractivity contribution in [3.63, 3.8) is 0 Å². The van der Waals surface area contributed by atoms with Crippen molar-refractivity contribution in [2.45, 2.75) is 45.0 Å². The Balaban J connectivity index is 4.71. The number of hydrogen-bond donors (Lipinski definition) is 1. The first-order chi connectivity index (χ1) is 8.54. The van der Waals surface area contributed by atoms with E-state index in [1.54, 1.807) is 0 Å². The fraction of sp³-hybridized carbons (Fsp3) is 0.700. The molecule has 0 heterocycles. The predicted molar refractivity (Wildman–Crippen MR) is 53.5 cm³/mol. The molecule has 9 heteroatoms. The number of esters is 1. The van der Waals surface area contributed by atoms with Crippen molar-refractivity contribution >= 4 is 17.8 Å². The molecule has 0 fully saturated rings. The standard InChI is InChI=1S/C10H14F3NO5/c1-5(2)19-8(17)6(3-4-7(15)16)14-9(18)10(11,12)13/h5-6H,3-4H2,1-2H3,(H,14,18)(H,15,16)/p-1. The Bertz CT molecular complexity index is 354. The predicted octanol–water partition coefficient (Wildman–Crippen LogP) is -0.485. The summed E-state index contributed by atoms with van der Waals surface area (Å²) in [6, 6.07) is -1.69. The third-order valence-electron chi connectivity index (χ3n) is 1.84. The lowest BCUT2D eigenvalue weighted by Crippen LogP contribution is -2.48. The zero-order valence-electron chi connectivity index (χ0n) is 10.2. The highest BCUT2D eigenvalue weighted by molar-refractivity contribution is 5.87. The molecule has 0 aromatic carbocycles. The third kappa shape index (κ3) is 7.27. The van der Waals surface area contributed by atoms with E-state index in [0.29, 0.717) is 0 Å². The molecule has 0 aliphatic rings. The van der Waals surface area contributed by atoms with Crippen molar-refractivity contribution in [1.29, 1.82) is 0 Å². The molecule has 1 atom stereocenters. The molecule has 0 spiro atoms. The van der Waals surface area contributed by atoms with Crippen molar-refractivity contribution in [3.8, 4) is 0 Å². The molecular formula is C10H13F3NO5-. The fourth-order valence-electron chi connectivity index (χ4n) is 1.07. The zero-order chi connectivity index (χ0) is 15.2. The van der Waals surface area contributed by atoms with Gasteiger partial charge < -0.3 is 20.0 Å². The van der Waals surface area contributed by atoms with Crippen LogP contribution in [0.25, 0.3) is 0 Å². The molecule has 1 N–H and O–H groups in total. The number of hydrogen-bond acceptors (Lipinski definition) is 5. The largest absolute Gasteiger partial charge is 0.550 e. The van der Waals surface area contributed by atoms with Gasteiger partial charge in [0.1, 0.15) is 6.04 Å². The third-order valence-corrected chi connectivity index (χ3v) is 1.84. The number of ether oxygens (including phenoxy) is 1. The van der Waals surface area contributed by atoms with Crippen LogP contribution in [0.3, 0.4) is 0 Å². The Kier molecular flexibility index (Phi) is 6.30. The van der Waals surface area contributed by atoms with Crippen molar-refractivity contribution in [3.05, 3.63) is 0 Å². The van der Waals surface area contributed by atoms with E-state index in [1.165, 1.54) is 19.2 Å². The van der Waals surface area contributed by atoms with Crippen molar-refractivity contribution in [2.75, 3.05) is 0 Å². The van der Waals surface area contributed by atoms with E-state index in [2.05, 4.69) is 4.74 Å². The minimum atomic E-state index is -5.17. The average Bonchev–Trinajstić information content (AvgIpc) is 2.20. The molecule has 0 aliphatic heterocycles. The number of carboxylic acid groups (broad SMARTS) is 1. The lowest BCUT2D eigenvalue weighted by molar-refractivity contribution is -0.305. The number of amides is 1. The smallest absolute Gasteiger partial charge is 0.471 e. The maximum absolute atomic E-state index is 12.0. The lowest BCUT2D eigenvalue weighted by Gasteiger charge is -2.19. The Morgan fingerprint density at radius 1 is 1.26 bits per heavy atom. The van der Waals surface area contributed by atoms with Crippen LogP contribution in [0.5, 0.6) is 0 Å². The normalized spacial score (nSPS) is 12.9. The van der Waals surface area contributed by atoms with Gasteiger partial charge in [-0.15, -0.1) is 0 Å². The summed E-state index contributed by atoms with van der Waals surface area (Å²) >= 11 is 0. The molecule has 6 nitrogen and oxygen atoms in total. The van der Waals surface area contributed by atoms with E-state index >= 15 is 0 Å². The SMILES string of the molecule is CC(C)OC(=O)C(CCC(=O)[O-])NC(=O)C(F)(F)F. The summed E-state index contributed by atoms with van der Waals surface area (Å²) < 4.78 is 40.7. The van der Waals surface area contributed by atoms with E-state index in [-0.39, 0.29) is 0 Å². The highest BCUT2D eigenvalue weighted by Crippen LogP contribution is 2.15. The molecule has 110 valence electrons. The number of carbonyl (C=O) groups is 3. The number of rotatable bonds is 6. The van der Waals surface area contributed by atoms with Crippen LogP contribution in [0.4, 0.5) is 13.2 Å². The first-order valence-electron chi connectivity index (χ1n) is 5.32. The average molecular weight is 284 g/mol. The Hall–Kier alpha value is -1.80. The second-order valence-electron chi connectivity index (χ2n) is 3.92. The van der Waals surface area contributed by atoms with Gasteiger partial charge in [-0.2, -0.15) is 13.2 Å². The van der Waals surface area contributed by atoms with Crippen molar-refractivity contribution in [1.82, 2.24) is 5.32 Å². The first kappa shape index (κ1) is 17.2. The number of nitrogens with one attached hydrogen (secondary N) is 1. The number of carbonyl (C=O) groups excluding carboxylic acids is 3. The van der Waals surface area contributed by atoms with Gasteiger partial charge in [0, 0.05) is 5.97 Å². The maximum atomic E-state index is 12.0. The molecule has 0 aromatic rings. The van der Waals surface area contributed by atoms with E-state index < -0.39 is 49.0 Å². The van der Waals surface area contributed by atoms with Crippen LogP contribution in [-0.2, 0) is 19.1 Å². The van der Waals surface area contributed by atoms with Crippen LogP contribution in [0.15, 0.2) is 0 Å². The molecule has 0 aromatic heterocycles. The maximum Gasteiger partial charge on any atom is 0.471 e. The molecule has 1 unspecified atom stereocenters. The van der Waals surface area contributed by atoms with Gasteiger partial charge in [-0.3, -0.25) is 4.79 Å². The van der Waals surface area contributed by atoms with Crippen LogP contribution in [-0.4, -0.2) is 36.2 Å². The topological polar surface area (TPSA) is 95.5 Å². The minimum absolute atomic E-state index is 0.546. The minimum Gasteiger partial charge on any atom is -0.550 e. The van der Waals surface area contributed by atoms with E-state index in [1.807, 2.05) is 0 Å². The van der Waals surface area contributed by atoms with Crippen LogP contribution in [0.2, 0.25) is 0 Å². The molecule has 0 saturated heterocycles. The molecule has 0 radical (unpaired) electrons. The lowest BCUT2D eigenvalue weighted by atomic mass is 10.1. The summed E-state index contributed by atoms with van der Waals surface area (Å²) in [6.07, 6.45) is -7.01. The van der Waals surface area contributed by atoms with Gasteiger partial charge in [0.15, 0.2) is 0 Å². The summed E-state index contributed by atoms with van der Waals surface area (Å²) in [5.74, 6) is -5.02. The van der Waals surface area contributed by atoms with Crippen molar-refractivity contribution in [2.24, 2.45) is 0 Å². The molecule has 0 aliphatic carbocycles.